The topological polar surface area (TPSA) is 15.8 Å². The molecule has 0 amide bonds. The van der Waals surface area contributed by atoms with Gasteiger partial charge >= 0.3 is 0 Å². The normalized spacial score (nSPS) is 17.0. The average Bonchev–Trinajstić information content (AvgIpc) is 3.56. The van der Waals surface area contributed by atoms with Gasteiger partial charge in [-0.3, -0.25) is 4.90 Å². The van der Waals surface area contributed by atoms with Crippen LogP contribution in [0.1, 0.15) is 23.1 Å². The molecule has 0 aliphatic carbocycles. The molecule has 2 nitrogen and oxygen atoms in total. The SMILES string of the molecule is c1ccc(CC[C@@H]([C@@H]2CO2)N(Cc2ccccc2)Cc2ccccc2)cc1. The molecule has 0 N–H and O–H groups in total. The summed E-state index contributed by atoms with van der Waals surface area (Å²) in [5.74, 6) is 0. The molecule has 0 unspecified atom stereocenters. The van der Waals surface area contributed by atoms with Crippen LogP contribution in [-0.2, 0) is 24.2 Å². The van der Waals surface area contributed by atoms with Crippen molar-refractivity contribution in [3.8, 4) is 0 Å². The maximum atomic E-state index is 5.77. The predicted molar refractivity (Wildman–Crippen MR) is 110 cm³/mol. The van der Waals surface area contributed by atoms with Crippen LogP contribution in [0.5, 0.6) is 0 Å². The maximum Gasteiger partial charge on any atom is 0.0965 e. The van der Waals surface area contributed by atoms with Gasteiger partial charge in [-0.2, -0.15) is 0 Å². The second-order valence-corrected chi connectivity index (χ2v) is 7.34. The van der Waals surface area contributed by atoms with Gasteiger partial charge in [-0.15, -0.1) is 0 Å². The molecule has 0 bridgehead atoms. The highest BCUT2D eigenvalue weighted by Crippen LogP contribution is 2.27. The summed E-state index contributed by atoms with van der Waals surface area (Å²) in [6.45, 7) is 2.80. The largest absolute Gasteiger partial charge is 0.371 e. The summed E-state index contributed by atoms with van der Waals surface area (Å²) >= 11 is 0. The van der Waals surface area contributed by atoms with E-state index in [0.717, 1.165) is 32.5 Å². The highest BCUT2D eigenvalue weighted by molar-refractivity contribution is 5.19. The van der Waals surface area contributed by atoms with E-state index in [1.165, 1.54) is 16.7 Å². The van der Waals surface area contributed by atoms with Crippen LogP contribution < -0.4 is 0 Å². The van der Waals surface area contributed by atoms with Crippen LogP contribution >= 0.6 is 0 Å². The Hall–Kier alpha value is -2.42. The van der Waals surface area contributed by atoms with E-state index in [1.807, 2.05) is 0 Å². The zero-order valence-electron chi connectivity index (χ0n) is 15.7. The number of rotatable bonds is 9. The highest BCUT2D eigenvalue weighted by atomic mass is 16.6. The van der Waals surface area contributed by atoms with Gasteiger partial charge in [-0.05, 0) is 29.5 Å². The lowest BCUT2D eigenvalue weighted by Crippen LogP contribution is -2.38. The standard InChI is InChI=1S/C25H27NO/c1-4-10-21(11-5-1)16-17-24(25-20-27-25)26(18-22-12-6-2-7-13-22)19-23-14-8-3-9-15-23/h1-15,24-25H,16-20H2/t24-,25-/m0/s1. The molecule has 3 aromatic rings. The van der Waals surface area contributed by atoms with Gasteiger partial charge in [0, 0.05) is 19.1 Å². The maximum absolute atomic E-state index is 5.77. The summed E-state index contributed by atoms with van der Waals surface area (Å²) < 4.78 is 5.77. The second kappa shape index (κ2) is 8.98. The van der Waals surface area contributed by atoms with Gasteiger partial charge in [0.1, 0.15) is 0 Å². The van der Waals surface area contributed by atoms with E-state index in [0.29, 0.717) is 12.1 Å². The molecule has 0 aromatic heterocycles. The average molecular weight is 357 g/mol. The summed E-state index contributed by atoms with van der Waals surface area (Å²) in [5.41, 5.74) is 4.13. The van der Waals surface area contributed by atoms with Gasteiger partial charge in [-0.1, -0.05) is 91.0 Å². The van der Waals surface area contributed by atoms with E-state index in [1.54, 1.807) is 0 Å². The lowest BCUT2D eigenvalue weighted by molar-refractivity contribution is 0.137. The Morgan fingerprint density at radius 2 is 1.15 bits per heavy atom. The van der Waals surface area contributed by atoms with Crippen molar-refractivity contribution in [3.05, 3.63) is 108 Å². The van der Waals surface area contributed by atoms with Gasteiger partial charge in [0.25, 0.3) is 0 Å². The fraction of sp³-hybridized carbons (Fsp3) is 0.280. The first-order valence-corrected chi connectivity index (χ1v) is 9.86. The van der Waals surface area contributed by atoms with Gasteiger partial charge in [0.15, 0.2) is 0 Å². The summed E-state index contributed by atoms with van der Waals surface area (Å²) in [5, 5.41) is 0. The predicted octanol–water partition coefficient (Wildman–Crippen LogP) is 5.09. The van der Waals surface area contributed by atoms with E-state index in [9.17, 15) is 0 Å². The monoisotopic (exact) mass is 357 g/mol. The Kier molecular flexibility index (Phi) is 5.98. The molecule has 0 radical (unpaired) electrons. The van der Waals surface area contributed by atoms with Crippen molar-refractivity contribution < 1.29 is 4.74 Å². The van der Waals surface area contributed by atoms with E-state index in [4.69, 9.17) is 4.74 Å². The number of nitrogens with zero attached hydrogens (tertiary/aromatic N) is 1. The molecule has 2 heteroatoms. The zero-order valence-corrected chi connectivity index (χ0v) is 15.7. The first-order chi connectivity index (χ1) is 13.4. The molecule has 1 heterocycles. The quantitative estimate of drug-likeness (QED) is 0.496. The third-order valence-corrected chi connectivity index (χ3v) is 5.29. The molecule has 1 aliphatic rings. The number of ether oxygens (including phenoxy) is 1. The lowest BCUT2D eigenvalue weighted by Gasteiger charge is -2.31. The Morgan fingerprint density at radius 1 is 0.704 bits per heavy atom. The molecule has 27 heavy (non-hydrogen) atoms. The Balaban J connectivity index is 1.52. The number of epoxide rings is 1. The molecule has 1 fully saturated rings. The van der Waals surface area contributed by atoms with E-state index in [-0.39, 0.29) is 0 Å². The third kappa shape index (κ3) is 5.29. The van der Waals surface area contributed by atoms with E-state index in [2.05, 4.69) is 95.9 Å². The minimum Gasteiger partial charge on any atom is -0.371 e. The van der Waals surface area contributed by atoms with Crippen molar-refractivity contribution in [2.75, 3.05) is 6.61 Å². The summed E-state index contributed by atoms with van der Waals surface area (Å²) in [7, 11) is 0. The van der Waals surface area contributed by atoms with Crippen molar-refractivity contribution in [2.45, 2.75) is 38.1 Å². The van der Waals surface area contributed by atoms with Crippen molar-refractivity contribution in [1.29, 1.82) is 0 Å². The van der Waals surface area contributed by atoms with Crippen LogP contribution in [0, 0.1) is 0 Å². The van der Waals surface area contributed by atoms with E-state index >= 15 is 0 Å². The number of benzene rings is 3. The molecule has 4 rings (SSSR count). The van der Waals surface area contributed by atoms with Crippen LogP contribution in [0.4, 0.5) is 0 Å². The highest BCUT2D eigenvalue weighted by Gasteiger charge is 2.36. The second-order valence-electron chi connectivity index (χ2n) is 7.34. The molecule has 0 spiro atoms. The van der Waals surface area contributed by atoms with Crippen LogP contribution in [0.25, 0.3) is 0 Å². The van der Waals surface area contributed by atoms with Crippen molar-refractivity contribution >= 4 is 0 Å². The number of hydrogen-bond donors (Lipinski definition) is 0. The summed E-state index contributed by atoms with van der Waals surface area (Å²) in [4.78, 5) is 2.60. The van der Waals surface area contributed by atoms with Gasteiger partial charge in [0.2, 0.25) is 0 Å². The Bertz CT molecular complexity index is 758. The first kappa shape index (κ1) is 18.0. The van der Waals surface area contributed by atoms with Crippen LogP contribution in [0.15, 0.2) is 91.0 Å². The molecule has 0 saturated carbocycles. The van der Waals surface area contributed by atoms with Crippen LogP contribution in [-0.4, -0.2) is 23.7 Å². The number of aryl methyl sites for hydroxylation is 1. The van der Waals surface area contributed by atoms with Crippen molar-refractivity contribution in [2.24, 2.45) is 0 Å². The molecule has 138 valence electrons. The molecule has 2 atom stereocenters. The molecular weight excluding hydrogens is 330 g/mol. The van der Waals surface area contributed by atoms with Crippen molar-refractivity contribution in [3.63, 3.8) is 0 Å². The summed E-state index contributed by atoms with van der Waals surface area (Å²) in [6, 6.07) is 32.8. The molecular formula is C25H27NO. The molecule has 3 aromatic carbocycles. The fourth-order valence-electron chi connectivity index (χ4n) is 3.77. The first-order valence-electron chi connectivity index (χ1n) is 9.86. The molecule has 1 saturated heterocycles. The van der Waals surface area contributed by atoms with E-state index < -0.39 is 0 Å². The van der Waals surface area contributed by atoms with Gasteiger partial charge in [0.05, 0.1) is 12.7 Å². The fourth-order valence-corrected chi connectivity index (χ4v) is 3.77. The Morgan fingerprint density at radius 3 is 1.59 bits per heavy atom. The minimum absolute atomic E-state index is 0.362. The molecule has 1 aliphatic heterocycles. The smallest absolute Gasteiger partial charge is 0.0965 e. The van der Waals surface area contributed by atoms with Crippen molar-refractivity contribution in [1.82, 2.24) is 4.90 Å². The summed E-state index contributed by atoms with van der Waals surface area (Å²) in [6.07, 6.45) is 2.57. The van der Waals surface area contributed by atoms with Gasteiger partial charge in [-0.25, -0.2) is 0 Å². The van der Waals surface area contributed by atoms with Gasteiger partial charge < -0.3 is 4.74 Å². The third-order valence-electron chi connectivity index (χ3n) is 5.29. The van der Waals surface area contributed by atoms with Crippen LogP contribution in [0.2, 0.25) is 0 Å². The minimum atomic E-state index is 0.362. The van der Waals surface area contributed by atoms with Crippen LogP contribution in [0.3, 0.4) is 0 Å². The number of hydrogen-bond acceptors (Lipinski definition) is 2. The lowest BCUT2D eigenvalue weighted by atomic mass is 10.00. The Labute approximate surface area is 162 Å². The zero-order chi connectivity index (χ0) is 18.3.